The molecule has 2 fully saturated rings. The maximum atomic E-state index is 12.9. The van der Waals surface area contributed by atoms with Crippen LogP contribution in [0.25, 0.3) is 0 Å². The summed E-state index contributed by atoms with van der Waals surface area (Å²) in [4.78, 5) is 43.1. The Morgan fingerprint density at radius 1 is 0.690 bits per heavy atom. The lowest BCUT2D eigenvalue weighted by molar-refractivity contribution is 0.0303. The third kappa shape index (κ3) is 4.17. The van der Waals surface area contributed by atoms with Crippen LogP contribution in [0.4, 0.5) is 0 Å². The van der Waals surface area contributed by atoms with Crippen molar-refractivity contribution < 1.29 is 23.5 Å². The summed E-state index contributed by atoms with van der Waals surface area (Å²) in [5, 5.41) is 0. The first-order valence-electron chi connectivity index (χ1n) is 9.72. The highest BCUT2D eigenvalue weighted by atomic mass is 16.5. The van der Waals surface area contributed by atoms with Crippen molar-refractivity contribution in [1.29, 1.82) is 0 Å². The van der Waals surface area contributed by atoms with Crippen molar-refractivity contribution in [2.75, 3.05) is 52.5 Å². The minimum Gasteiger partial charge on any atom is -0.459 e. The van der Waals surface area contributed by atoms with E-state index in [1.807, 2.05) is 0 Å². The Balaban J connectivity index is 1.39. The van der Waals surface area contributed by atoms with Gasteiger partial charge in [-0.25, -0.2) is 0 Å². The molecule has 2 saturated heterocycles. The lowest BCUT2D eigenvalue weighted by Gasteiger charge is -2.34. The molecule has 3 heterocycles. The molecule has 0 radical (unpaired) electrons. The predicted molar refractivity (Wildman–Crippen MR) is 104 cm³/mol. The van der Waals surface area contributed by atoms with E-state index in [0.29, 0.717) is 69.4 Å². The average molecular weight is 397 g/mol. The summed E-state index contributed by atoms with van der Waals surface area (Å²) in [5.74, 6) is -0.0807. The minimum absolute atomic E-state index is 0.0863. The van der Waals surface area contributed by atoms with Gasteiger partial charge in [0.15, 0.2) is 5.76 Å². The Hall–Kier alpha value is -3.13. The van der Waals surface area contributed by atoms with Gasteiger partial charge in [0, 0.05) is 50.4 Å². The number of ether oxygens (including phenoxy) is 1. The Kier molecular flexibility index (Phi) is 5.62. The number of carbonyl (C=O) groups excluding carboxylic acids is 3. The van der Waals surface area contributed by atoms with Crippen molar-refractivity contribution >= 4 is 17.7 Å². The summed E-state index contributed by atoms with van der Waals surface area (Å²) in [6.45, 7) is 3.94. The highest BCUT2D eigenvalue weighted by molar-refractivity contribution is 6.00. The van der Waals surface area contributed by atoms with Crippen LogP contribution in [0.3, 0.4) is 0 Å². The van der Waals surface area contributed by atoms with Gasteiger partial charge in [0.05, 0.1) is 19.5 Å². The van der Waals surface area contributed by atoms with Crippen LogP contribution in [0.1, 0.15) is 31.3 Å². The second kappa shape index (κ2) is 8.48. The number of morpholine rings is 1. The van der Waals surface area contributed by atoms with Crippen molar-refractivity contribution in [3.63, 3.8) is 0 Å². The average Bonchev–Trinajstić information content (AvgIpc) is 3.33. The first-order chi connectivity index (χ1) is 14.1. The first-order valence-corrected chi connectivity index (χ1v) is 9.72. The molecule has 0 spiro atoms. The van der Waals surface area contributed by atoms with E-state index < -0.39 is 0 Å². The molecule has 0 atom stereocenters. The fourth-order valence-electron chi connectivity index (χ4n) is 3.59. The molecule has 3 amide bonds. The maximum Gasteiger partial charge on any atom is 0.289 e. The molecule has 2 aliphatic rings. The van der Waals surface area contributed by atoms with Crippen molar-refractivity contribution in [3.05, 3.63) is 59.5 Å². The topological polar surface area (TPSA) is 83.3 Å². The lowest BCUT2D eigenvalue weighted by atomic mass is 10.1. The fourth-order valence-corrected chi connectivity index (χ4v) is 3.59. The molecule has 4 rings (SSSR count). The van der Waals surface area contributed by atoms with Crippen LogP contribution in [0.5, 0.6) is 0 Å². The SMILES string of the molecule is O=C(c1cccc(C(=O)N2CCN(C(=O)c3ccco3)CC2)c1)N1CCOCC1. The predicted octanol–water partition coefficient (Wildman–Crippen LogP) is 1.35. The van der Waals surface area contributed by atoms with Gasteiger partial charge in [-0.2, -0.15) is 0 Å². The van der Waals surface area contributed by atoms with Gasteiger partial charge in [0.25, 0.3) is 17.7 Å². The minimum atomic E-state index is -0.166. The highest BCUT2D eigenvalue weighted by Gasteiger charge is 2.27. The Morgan fingerprint density at radius 2 is 1.24 bits per heavy atom. The molecule has 2 aromatic rings. The van der Waals surface area contributed by atoms with E-state index in [1.165, 1.54) is 6.26 Å². The maximum absolute atomic E-state index is 12.9. The largest absolute Gasteiger partial charge is 0.459 e. The van der Waals surface area contributed by atoms with Gasteiger partial charge in [-0.1, -0.05) is 6.07 Å². The molecule has 1 aromatic heterocycles. The summed E-state index contributed by atoms with van der Waals surface area (Å²) in [6.07, 6.45) is 1.47. The van der Waals surface area contributed by atoms with Crippen molar-refractivity contribution in [3.8, 4) is 0 Å². The summed E-state index contributed by atoms with van der Waals surface area (Å²) < 4.78 is 10.4. The van der Waals surface area contributed by atoms with Gasteiger partial charge in [0.1, 0.15) is 0 Å². The molecule has 8 nitrogen and oxygen atoms in total. The molecule has 0 unspecified atom stereocenters. The van der Waals surface area contributed by atoms with Gasteiger partial charge in [-0.05, 0) is 30.3 Å². The Bertz CT molecular complexity index is 881. The van der Waals surface area contributed by atoms with Crippen LogP contribution in [0.15, 0.2) is 47.1 Å². The molecule has 8 heteroatoms. The first kappa shape index (κ1) is 19.2. The van der Waals surface area contributed by atoms with E-state index in [4.69, 9.17) is 9.15 Å². The fraction of sp³-hybridized carbons (Fsp3) is 0.381. The van der Waals surface area contributed by atoms with E-state index in [2.05, 4.69) is 0 Å². The Morgan fingerprint density at radius 3 is 1.79 bits per heavy atom. The van der Waals surface area contributed by atoms with E-state index in [0.717, 1.165) is 0 Å². The van der Waals surface area contributed by atoms with Crippen LogP contribution in [0.2, 0.25) is 0 Å². The quantitative estimate of drug-likeness (QED) is 0.781. The highest BCUT2D eigenvalue weighted by Crippen LogP contribution is 2.15. The van der Waals surface area contributed by atoms with Gasteiger partial charge in [0.2, 0.25) is 0 Å². The van der Waals surface area contributed by atoms with Gasteiger partial charge >= 0.3 is 0 Å². The third-order valence-corrected chi connectivity index (χ3v) is 5.24. The number of rotatable bonds is 3. The molecule has 0 bridgehead atoms. The molecule has 0 N–H and O–H groups in total. The second-order valence-corrected chi connectivity index (χ2v) is 7.05. The van der Waals surface area contributed by atoms with Crippen LogP contribution in [-0.2, 0) is 4.74 Å². The summed E-state index contributed by atoms with van der Waals surface area (Å²) in [7, 11) is 0. The number of carbonyl (C=O) groups is 3. The molecule has 1 aromatic carbocycles. The number of hydrogen-bond donors (Lipinski definition) is 0. The molecule has 0 aliphatic carbocycles. The number of furan rings is 1. The smallest absolute Gasteiger partial charge is 0.289 e. The molecule has 29 heavy (non-hydrogen) atoms. The van der Waals surface area contributed by atoms with E-state index in [1.54, 1.807) is 51.1 Å². The summed E-state index contributed by atoms with van der Waals surface area (Å²) in [6, 6.07) is 10.2. The molecule has 152 valence electrons. The van der Waals surface area contributed by atoms with Crippen LogP contribution < -0.4 is 0 Å². The van der Waals surface area contributed by atoms with Crippen LogP contribution in [0, 0.1) is 0 Å². The van der Waals surface area contributed by atoms with E-state index in [-0.39, 0.29) is 17.7 Å². The Labute approximate surface area is 168 Å². The zero-order chi connectivity index (χ0) is 20.2. The molecule has 2 aliphatic heterocycles. The molecular weight excluding hydrogens is 374 g/mol. The van der Waals surface area contributed by atoms with Gasteiger partial charge in [-0.15, -0.1) is 0 Å². The number of nitrogens with zero attached hydrogens (tertiary/aromatic N) is 3. The van der Waals surface area contributed by atoms with Crippen molar-refractivity contribution in [2.45, 2.75) is 0 Å². The zero-order valence-corrected chi connectivity index (χ0v) is 16.1. The summed E-state index contributed by atoms with van der Waals surface area (Å²) >= 11 is 0. The van der Waals surface area contributed by atoms with Gasteiger partial charge in [-0.3, -0.25) is 14.4 Å². The normalized spacial score (nSPS) is 17.3. The van der Waals surface area contributed by atoms with Gasteiger partial charge < -0.3 is 23.9 Å². The number of hydrogen-bond acceptors (Lipinski definition) is 5. The van der Waals surface area contributed by atoms with Crippen LogP contribution in [-0.4, -0.2) is 84.9 Å². The summed E-state index contributed by atoms with van der Waals surface area (Å²) in [5.41, 5.74) is 0.985. The third-order valence-electron chi connectivity index (χ3n) is 5.24. The molecule has 0 saturated carbocycles. The second-order valence-electron chi connectivity index (χ2n) is 7.05. The van der Waals surface area contributed by atoms with E-state index >= 15 is 0 Å². The standard InChI is InChI=1S/C21H23N3O5/c25-19(22-6-8-23(9-7-22)21(27)18-5-2-12-29-18)16-3-1-4-17(15-16)20(26)24-10-13-28-14-11-24/h1-5,12,15H,6-11,13-14H2. The number of amides is 3. The lowest BCUT2D eigenvalue weighted by Crippen LogP contribution is -2.50. The monoisotopic (exact) mass is 397 g/mol. The zero-order valence-electron chi connectivity index (χ0n) is 16.1. The number of benzene rings is 1. The van der Waals surface area contributed by atoms with Crippen LogP contribution >= 0.6 is 0 Å². The molecular formula is C21H23N3O5. The number of piperazine rings is 1. The van der Waals surface area contributed by atoms with E-state index in [9.17, 15) is 14.4 Å². The van der Waals surface area contributed by atoms with Crippen molar-refractivity contribution in [1.82, 2.24) is 14.7 Å². The van der Waals surface area contributed by atoms with Crippen molar-refractivity contribution in [2.24, 2.45) is 0 Å².